The van der Waals surface area contributed by atoms with Gasteiger partial charge in [-0.15, -0.1) is 0 Å². The number of hydrogen-bond acceptors (Lipinski definition) is 6. The molecular weight excluding hydrogens is 454 g/mol. The summed E-state index contributed by atoms with van der Waals surface area (Å²) in [6, 6.07) is 11.3. The second kappa shape index (κ2) is 9.65. The van der Waals surface area contributed by atoms with Crippen molar-refractivity contribution in [2.24, 2.45) is 0 Å². The van der Waals surface area contributed by atoms with Gasteiger partial charge in [0, 0.05) is 19.7 Å². The maximum absolute atomic E-state index is 13.2. The number of aromatic nitrogens is 2. The monoisotopic (exact) mass is 485 g/mol. The average molecular weight is 486 g/mol. The summed E-state index contributed by atoms with van der Waals surface area (Å²) in [5.41, 5.74) is 3.81. The van der Waals surface area contributed by atoms with Gasteiger partial charge in [0.1, 0.15) is 18.2 Å². The summed E-state index contributed by atoms with van der Waals surface area (Å²) in [6.45, 7) is 7.37. The van der Waals surface area contributed by atoms with Crippen molar-refractivity contribution in [1.82, 2.24) is 13.9 Å². The number of aryl methyl sites for hydroxylation is 2. The first-order valence-corrected chi connectivity index (χ1v) is 13.2. The Morgan fingerprint density at radius 3 is 2.53 bits per heavy atom. The summed E-state index contributed by atoms with van der Waals surface area (Å²) < 4.78 is 47.2. The van der Waals surface area contributed by atoms with Crippen molar-refractivity contribution in [2.75, 3.05) is 32.9 Å². The molecule has 0 saturated carbocycles. The third-order valence-corrected chi connectivity index (χ3v) is 8.27. The molecule has 3 heterocycles. The van der Waals surface area contributed by atoms with Crippen LogP contribution in [0.1, 0.15) is 29.8 Å². The molecule has 1 aromatic heterocycles. The van der Waals surface area contributed by atoms with Crippen LogP contribution in [-0.2, 0) is 32.6 Å². The van der Waals surface area contributed by atoms with E-state index in [9.17, 15) is 8.42 Å². The summed E-state index contributed by atoms with van der Waals surface area (Å²) in [4.78, 5) is 5.06. The summed E-state index contributed by atoms with van der Waals surface area (Å²) in [6.07, 6.45) is 2.17. The third kappa shape index (κ3) is 4.84. The lowest BCUT2D eigenvalue weighted by Gasteiger charge is -2.26. The zero-order valence-electron chi connectivity index (χ0n) is 19.7. The minimum Gasteiger partial charge on any atom is -0.486 e. The molecule has 2 saturated heterocycles. The van der Waals surface area contributed by atoms with Gasteiger partial charge in [-0.25, -0.2) is 13.4 Å². The fourth-order valence-corrected chi connectivity index (χ4v) is 6.15. The van der Waals surface area contributed by atoms with E-state index in [1.165, 1.54) is 4.31 Å². The number of nitrogens with zero attached hydrogens (tertiary/aromatic N) is 3. The summed E-state index contributed by atoms with van der Waals surface area (Å²) in [5.74, 6) is 1.55. The van der Waals surface area contributed by atoms with Crippen molar-refractivity contribution >= 4 is 21.1 Å². The van der Waals surface area contributed by atoms with Crippen LogP contribution in [0.5, 0.6) is 5.75 Å². The fourth-order valence-electron chi connectivity index (χ4n) is 4.73. The molecule has 0 amide bonds. The van der Waals surface area contributed by atoms with E-state index in [2.05, 4.69) is 10.6 Å². The first kappa shape index (κ1) is 23.3. The molecule has 9 heteroatoms. The quantitative estimate of drug-likeness (QED) is 0.510. The van der Waals surface area contributed by atoms with E-state index in [0.29, 0.717) is 38.4 Å². The molecule has 0 bridgehead atoms. The normalized spacial score (nSPS) is 19.6. The second-order valence-corrected chi connectivity index (χ2v) is 11.0. The van der Waals surface area contributed by atoms with E-state index in [4.69, 9.17) is 19.2 Å². The molecule has 2 aliphatic rings. The second-order valence-electron chi connectivity index (χ2n) is 9.05. The Hall–Kier alpha value is -2.46. The highest BCUT2D eigenvalue weighted by atomic mass is 32.2. The molecule has 2 aromatic carbocycles. The van der Waals surface area contributed by atoms with Crippen molar-refractivity contribution in [1.29, 1.82) is 0 Å². The molecule has 2 aliphatic heterocycles. The average Bonchev–Trinajstić information content (AvgIpc) is 3.45. The summed E-state index contributed by atoms with van der Waals surface area (Å²) in [5, 5.41) is 0. The number of sulfonamides is 1. The Kier molecular flexibility index (Phi) is 6.61. The first-order chi connectivity index (χ1) is 16.4. The van der Waals surface area contributed by atoms with Gasteiger partial charge in [0.15, 0.2) is 0 Å². The van der Waals surface area contributed by atoms with Gasteiger partial charge in [0.05, 0.1) is 41.8 Å². The minimum atomic E-state index is -3.60. The topological polar surface area (TPSA) is 82.9 Å². The van der Waals surface area contributed by atoms with Gasteiger partial charge < -0.3 is 18.8 Å². The maximum atomic E-state index is 13.2. The van der Waals surface area contributed by atoms with Crippen molar-refractivity contribution in [3.8, 4) is 5.75 Å². The molecule has 0 unspecified atom stereocenters. The summed E-state index contributed by atoms with van der Waals surface area (Å²) in [7, 11) is -3.60. The highest BCUT2D eigenvalue weighted by Crippen LogP contribution is 2.26. The van der Waals surface area contributed by atoms with Crippen molar-refractivity contribution < 1.29 is 22.6 Å². The van der Waals surface area contributed by atoms with Gasteiger partial charge in [0.2, 0.25) is 10.0 Å². The molecule has 1 atom stereocenters. The lowest BCUT2D eigenvalue weighted by molar-refractivity contribution is 0.0730. The molecule has 3 aromatic rings. The van der Waals surface area contributed by atoms with Gasteiger partial charge >= 0.3 is 0 Å². The zero-order valence-corrected chi connectivity index (χ0v) is 20.5. The SMILES string of the molecule is Cc1cc(C)cc(OCc2nc3cc(S(=O)(=O)N4CCOCC4)ccc3n2C[C@H]2CCCO2)c1. The Morgan fingerprint density at radius 1 is 1.06 bits per heavy atom. The standard InChI is InChI=1S/C25H31N3O5S/c1-18-12-19(2)14-21(13-18)33-17-25-26-23-15-22(34(29,30)27-7-10-31-11-8-27)5-6-24(23)28(25)16-20-4-3-9-32-20/h5-6,12-15,20H,3-4,7-11,16-17H2,1-2H3/t20-/m1/s1. The predicted octanol–water partition coefficient (Wildman–Crippen LogP) is 3.43. The molecule has 0 radical (unpaired) electrons. The van der Waals surface area contributed by atoms with Crippen LogP contribution in [0.3, 0.4) is 0 Å². The van der Waals surface area contributed by atoms with Gasteiger partial charge in [-0.1, -0.05) is 6.07 Å². The number of hydrogen-bond donors (Lipinski definition) is 0. The van der Waals surface area contributed by atoms with Crippen LogP contribution in [-0.4, -0.2) is 61.3 Å². The Morgan fingerprint density at radius 2 is 1.82 bits per heavy atom. The molecule has 8 nitrogen and oxygen atoms in total. The highest BCUT2D eigenvalue weighted by molar-refractivity contribution is 7.89. The molecule has 0 N–H and O–H groups in total. The molecule has 34 heavy (non-hydrogen) atoms. The number of imidazole rings is 1. The predicted molar refractivity (Wildman–Crippen MR) is 129 cm³/mol. The van der Waals surface area contributed by atoms with Crippen LogP contribution >= 0.6 is 0 Å². The van der Waals surface area contributed by atoms with E-state index < -0.39 is 10.0 Å². The lowest BCUT2D eigenvalue weighted by Crippen LogP contribution is -2.40. The molecule has 5 rings (SSSR count). The van der Waals surface area contributed by atoms with Crippen LogP contribution < -0.4 is 4.74 Å². The highest BCUT2D eigenvalue weighted by Gasteiger charge is 2.27. The van der Waals surface area contributed by atoms with Crippen LogP contribution in [0.25, 0.3) is 11.0 Å². The minimum absolute atomic E-state index is 0.120. The number of fused-ring (bicyclic) bond motifs is 1. The van der Waals surface area contributed by atoms with Crippen LogP contribution in [0, 0.1) is 13.8 Å². The van der Waals surface area contributed by atoms with Gasteiger partial charge in [-0.2, -0.15) is 4.31 Å². The van der Waals surface area contributed by atoms with Crippen molar-refractivity contribution in [2.45, 2.75) is 50.8 Å². The van der Waals surface area contributed by atoms with Gasteiger partial charge in [-0.05, 0) is 68.1 Å². The lowest BCUT2D eigenvalue weighted by atomic mass is 10.1. The van der Waals surface area contributed by atoms with E-state index in [1.54, 1.807) is 12.1 Å². The Balaban J connectivity index is 1.47. The number of benzene rings is 2. The van der Waals surface area contributed by atoms with Crippen LogP contribution in [0.15, 0.2) is 41.3 Å². The molecule has 2 fully saturated rings. The van der Waals surface area contributed by atoms with E-state index in [-0.39, 0.29) is 17.6 Å². The number of ether oxygens (including phenoxy) is 3. The van der Waals surface area contributed by atoms with E-state index in [1.807, 2.05) is 32.0 Å². The number of rotatable bonds is 7. The van der Waals surface area contributed by atoms with Gasteiger partial charge in [0.25, 0.3) is 0 Å². The van der Waals surface area contributed by atoms with Crippen molar-refractivity contribution in [3.63, 3.8) is 0 Å². The molecule has 0 spiro atoms. The fraction of sp³-hybridized carbons (Fsp3) is 0.480. The summed E-state index contributed by atoms with van der Waals surface area (Å²) >= 11 is 0. The van der Waals surface area contributed by atoms with E-state index >= 15 is 0 Å². The van der Waals surface area contributed by atoms with Crippen LogP contribution in [0.4, 0.5) is 0 Å². The Bertz CT molecular complexity index is 1250. The number of morpholine rings is 1. The molecule has 0 aliphatic carbocycles. The molecule has 182 valence electrons. The maximum Gasteiger partial charge on any atom is 0.243 e. The largest absolute Gasteiger partial charge is 0.486 e. The van der Waals surface area contributed by atoms with E-state index in [0.717, 1.165) is 47.7 Å². The zero-order chi connectivity index (χ0) is 23.7. The third-order valence-electron chi connectivity index (χ3n) is 6.38. The smallest absolute Gasteiger partial charge is 0.243 e. The van der Waals surface area contributed by atoms with Crippen molar-refractivity contribution in [3.05, 3.63) is 53.3 Å². The molecular formula is C25H31N3O5S. The van der Waals surface area contributed by atoms with Crippen LogP contribution in [0.2, 0.25) is 0 Å². The first-order valence-electron chi connectivity index (χ1n) is 11.8. The van der Waals surface area contributed by atoms with Gasteiger partial charge in [-0.3, -0.25) is 0 Å². The Labute approximate surface area is 200 Å².